The van der Waals surface area contributed by atoms with Gasteiger partial charge in [0.2, 0.25) is 0 Å². The third-order valence-electron chi connectivity index (χ3n) is 5.36. The molecular formula is C22H23N3O2. The standard InChI is InChI=1S/C22H23N3O2/c1-2-5-19(6-3-1)25-16-17(14-23-25)15-24-10-4-7-20(24)18-8-9-21-22(13-18)27-12-11-26-21/h1-3,5-6,8-9,13-14,16,20H,4,7,10-12,15H2. The van der Waals surface area contributed by atoms with Crippen LogP contribution in [0.2, 0.25) is 0 Å². The van der Waals surface area contributed by atoms with Crippen molar-refractivity contribution in [3.05, 3.63) is 72.1 Å². The lowest BCUT2D eigenvalue weighted by molar-refractivity contribution is 0.170. The minimum Gasteiger partial charge on any atom is -0.486 e. The van der Waals surface area contributed by atoms with Gasteiger partial charge in [-0.3, -0.25) is 4.90 Å². The van der Waals surface area contributed by atoms with E-state index in [1.54, 1.807) is 0 Å². The molecule has 1 aromatic heterocycles. The van der Waals surface area contributed by atoms with E-state index in [2.05, 4.69) is 40.5 Å². The maximum Gasteiger partial charge on any atom is 0.161 e. The van der Waals surface area contributed by atoms with E-state index < -0.39 is 0 Å². The van der Waals surface area contributed by atoms with Gasteiger partial charge in [0.25, 0.3) is 0 Å². The number of ether oxygens (including phenoxy) is 2. The maximum atomic E-state index is 5.77. The van der Waals surface area contributed by atoms with Crippen molar-refractivity contribution in [2.75, 3.05) is 19.8 Å². The van der Waals surface area contributed by atoms with Gasteiger partial charge in [-0.1, -0.05) is 24.3 Å². The van der Waals surface area contributed by atoms with Crippen molar-refractivity contribution < 1.29 is 9.47 Å². The van der Waals surface area contributed by atoms with Gasteiger partial charge in [-0.15, -0.1) is 0 Å². The molecule has 0 bridgehead atoms. The second kappa shape index (κ2) is 7.08. The number of nitrogens with zero attached hydrogens (tertiary/aromatic N) is 3. The van der Waals surface area contributed by atoms with Crippen molar-refractivity contribution in [2.45, 2.75) is 25.4 Å². The molecule has 2 aliphatic rings. The van der Waals surface area contributed by atoms with Crippen LogP contribution in [-0.4, -0.2) is 34.4 Å². The molecule has 138 valence electrons. The van der Waals surface area contributed by atoms with Gasteiger partial charge >= 0.3 is 0 Å². The van der Waals surface area contributed by atoms with E-state index in [0.717, 1.165) is 30.3 Å². The number of benzene rings is 2. The van der Waals surface area contributed by atoms with Crippen LogP contribution in [0, 0.1) is 0 Å². The van der Waals surface area contributed by atoms with Crippen molar-refractivity contribution in [1.29, 1.82) is 0 Å². The molecule has 1 atom stereocenters. The van der Waals surface area contributed by atoms with E-state index in [1.807, 2.05) is 35.1 Å². The first-order chi connectivity index (χ1) is 13.4. The van der Waals surface area contributed by atoms with Gasteiger partial charge in [0.1, 0.15) is 13.2 Å². The molecule has 1 fully saturated rings. The minimum absolute atomic E-state index is 0.418. The fourth-order valence-corrected chi connectivity index (χ4v) is 4.06. The Morgan fingerprint density at radius 1 is 1.00 bits per heavy atom. The summed E-state index contributed by atoms with van der Waals surface area (Å²) in [6, 6.07) is 17.1. The van der Waals surface area contributed by atoms with Crippen molar-refractivity contribution in [1.82, 2.24) is 14.7 Å². The molecule has 3 heterocycles. The fourth-order valence-electron chi connectivity index (χ4n) is 4.06. The van der Waals surface area contributed by atoms with E-state index in [4.69, 9.17) is 9.47 Å². The topological polar surface area (TPSA) is 39.5 Å². The average Bonchev–Trinajstić information content (AvgIpc) is 3.38. The van der Waals surface area contributed by atoms with Gasteiger partial charge in [-0.25, -0.2) is 4.68 Å². The Hall–Kier alpha value is -2.79. The van der Waals surface area contributed by atoms with Gasteiger partial charge in [0.15, 0.2) is 11.5 Å². The van der Waals surface area contributed by atoms with E-state index in [-0.39, 0.29) is 0 Å². The van der Waals surface area contributed by atoms with E-state index in [1.165, 1.54) is 24.0 Å². The van der Waals surface area contributed by atoms with Crippen LogP contribution in [0.4, 0.5) is 0 Å². The average molecular weight is 361 g/mol. The number of rotatable bonds is 4. The minimum atomic E-state index is 0.418. The molecule has 5 rings (SSSR count). The number of hydrogen-bond donors (Lipinski definition) is 0. The first-order valence-electron chi connectivity index (χ1n) is 9.59. The normalized spacial score (nSPS) is 19.3. The Morgan fingerprint density at radius 2 is 1.85 bits per heavy atom. The Labute approximate surface area is 159 Å². The highest BCUT2D eigenvalue weighted by atomic mass is 16.6. The lowest BCUT2D eigenvalue weighted by Gasteiger charge is -2.26. The second-order valence-corrected chi connectivity index (χ2v) is 7.16. The first-order valence-corrected chi connectivity index (χ1v) is 9.59. The monoisotopic (exact) mass is 361 g/mol. The zero-order valence-corrected chi connectivity index (χ0v) is 15.3. The molecular weight excluding hydrogens is 338 g/mol. The smallest absolute Gasteiger partial charge is 0.161 e. The summed E-state index contributed by atoms with van der Waals surface area (Å²) in [6.07, 6.45) is 6.50. The van der Waals surface area contributed by atoms with Crippen LogP contribution in [0.3, 0.4) is 0 Å². The fraction of sp³-hybridized carbons (Fsp3) is 0.318. The molecule has 5 heteroatoms. The molecule has 1 unspecified atom stereocenters. The molecule has 2 aliphatic heterocycles. The third kappa shape index (κ3) is 3.30. The van der Waals surface area contributed by atoms with Crippen molar-refractivity contribution >= 4 is 0 Å². The molecule has 0 N–H and O–H groups in total. The molecule has 1 saturated heterocycles. The summed E-state index contributed by atoms with van der Waals surface area (Å²) in [5.41, 5.74) is 3.64. The van der Waals surface area contributed by atoms with E-state index >= 15 is 0 Å². The number of fused-ring (bicyclic) bond motifs is 1. The van der Waals surface area contributed by atoms with Gasteiger partial charge in [0, 0.05) is 24.3 Å². The van der Waals surface area contributed by atoms with Crippen molar-refractivity contribution in [3.63, 3.8) is 0 Å². The van der Waals surface area contributed by atoms with Crippen LogP contribution in [-0.2, 0) is 6.54 Å². The molecule has 27 heavy (non-hydrogen) atoms. The molecule has 2 aromatic carbocycles. The summed E-state index contributed by atoms with van der Waals surface area (Å²) >= 11 is 0. The van der Waals surface area contributed by atoms with Gasteiger partial charge < -0.3 is 9.47 Å². The summed E-state index contributed by atoms with van der Waals surface area (Å²) in [5, 5.41) is 4.54. The van der Waals surface area contributed by atoms with Gasteiger partial charge in [-0.2, -0.15) is 5.10 Å². The molecule has 0 aliphatic carbocycles. The number of aromatic nitrogens is 2. The largest absolute Gasteiger partial charge is 0.486 e. The molecule has 0 spiro atoms. The van der Waals surface area contributed by atoms with Gasteiger partial charge in [-0.05, 0) is 49.2 Å². The van der Waals surface area contributed by atoms with Crippen LogP contribution >= 0.6 is 0 Å². The van der Waals surface area contributed by atoms with Crippen LogP contribution in [0.25, 0.3) is 5.69 Å². The van der Waals surface area contributed by atoms with Crippen LogP contribution in [0.15, 0.2) is 60.9 Å². The SMILES string of the molecule is c1ccc(-n2cc(CN3CCCC3c3ccc4c(c3)OCCO4)cn2)cc1. The molecule has 3 aromatic rings. The highest BCUT2D eigenvalue weighted by Gasteiger charge is 2.27. The number of hydrogen-bond acceptors (Lipinski definition) is 4. The van der Waals surface area contributed by atoms with Crippen molar-refractivity contribution in [3.8, 4) is 17.2 Å². The van der Waals surface area contributed by atoms with E-state index in [0.29, 0.717) is 19.3 Å². The molecule has 0 radical (unpaired) electrons. The van der Waals surface area contributed by atoms with Crippen LogP contribution in [0.1, 0.15) is 30.0 Å². The zero-order valence-electron chi connectivity index (χ0n) is 15.3. The van der Waals surface area contributed by atoms with Crippen LogP contribution < -0.4 is 9.47 Å². The Morgan fingerprint density at radius 3 is 2.74 bits per heavy atom. The Balaban J connectivity index is 1.34. The predicted molar refractivity (Wildman–Crippen MR) is 103 cm³/mol. The summed E-state index contributed by atoms with van der Waals surface area (Å²) in [5.74, 6) is 1.74. The highest BCUT2D eigenvalue weighted by molar-refractivity contribution is 5.45. The zero-order chi connectivity index (χ0) is 18.1. The predicted octanol–water partition coefficient (Wildman–Crippen LogP) is 3.98. The summed E-state index contributed by atoms with van der Waals surface area (Å²) in [4.78, 5) is 2.54. The summed E-state index contributed by atoms with van der Waals surface area (Å²) in [6.45, 7) is 3.28. The number of para-hydroxylation sites is 1. The Bertz CT molecular complexity index is 922. The van der Waals surface area contributed by atoms with Gasteiger partial charge in [0.05, 0.1) is 11.9 Å². The third-order valence-corrected chi connectivity index (χ3v) is 5.36. The molecule has 0 amide bonds. The first kappa shape index (κ1) is 16.4. The maximum absolute atomic E-state index is 5.77. The number of likely N-dealkylation sites (tertiary alicyclic amines) is 1. The van der Waals surface area contributed by atoms with Crippen molar-refractivity contribution in [2.24, 2.45) is 0 Å². The van der Waals surface area contributed by atoms with Crippen LogP contribution in [0.5, 0.6) is 11.5 Å². The lowest BCUT2D eigenvalue weighted by atomic mass is 10.0. The molecule has 0 saturated carbocycles. The Kier molecular flexibility index (Phi) is 4.30. The summed E-state index contributed by atoms with van der Waals surface area (Å²) < 4.78 is 13.4. The van der Waals surface area contributed by atoms with E-state index in [9.17, 15) is 0 Å². The second-order valence-electron chi connectivity index (χ2n) is 7.16. The summed E-state index contributed by atoms with van der Waals surface area (Å²) in [7, 11) is 0. The molecule has 5 nitrogen and oxygen atoms in total. The quantitative estimate of drug-likeness (QED) is 0.705. The highest BCUT2D eigenvalue weighted by Crippen LogP contribution is 2.38. The lowest BCUT2D eigenvalue weighted by Crippen LogP contribution is -2.23.